The van der Waals surface area contributed by atoms with E-state index in [1.807, 2.05) is 0 Å². The van der Waals surface area contributed by atoms with Gasteiger partial charge in [-0.25, -0.2) is 0 Å². The summed E-state index contributed by atoms with van der Waals surface area (Å²) >= 11 is 3.14. The Morgan fingerprint density at radius 3 is 2.75 bits per heavy atom. The number of rotatable bonds is 4. The molecule has 0 fully saturated rings. The minimum Gasteiger partial charge on any atom is -0.480 e. The van der Waals surface area contributed by atoms with Crippen molar-refractivity contribution >= 4 is 21.9 Å². The number of hydrogen-bond donors (Lipinski definition) is 2. The van der Waals surface area contributed by atoms with Gasteiger partial charge in [0.15, 0.2) is 0 Å². The highest BCUT2D eigenvalue weighted by Gasteiger charge is 1.91. The zero-order valence-electron chi connectivity index (χ0n) is 4.35. The standard InChI is InChI=1S/C4H8BrNO2/c5-1-2-6-3-4(7)8/h6H,1-3H2,(H,7,8). The molecule has 0 amide bonds. The normalized spacial score (nSPS) is 9.12. The number of alkyl halides is 1. The van der Waals surface area contributed by atoms with Crippen LogP contribution in [0.1, 0.15) is 0 Å². The molecule has 0 spiro atoms. The summed E-state index contributed by atoms with van der Waals surface area (Å²) in [7, 11) is 0. The fourth-order valence-corrected chi connectivity index (χ4v) is 0.543. The van der Waals surface area contributed by atoms with E-state index < -0.39 is 5.97 Å². The van der Waals surface area contributed by atoms with Gasteiger partial charge in [-0.05, 0) is 0 Å². The van der Waals surface area contributed by atoms with Crippen molar-refractivity contribution in [1.29, 1.82) is 0 Å². The number of nitrogens with one attached hydrogen (secondary N) is 1. The molecule has 0 rings (SSSR count). The fourth-order valence-electron chi connectivity index (χ4n) is 0.262. The highest BCUT2D eigenvalue weighted by molar-refractivity contribution is 9.09. The Morgan fingerprint density at radius 1 is 1.75 bits per heavy atom. The zero-order valence-corrected chi connectivity index (χ0v) is 5.94. The number of hydrogen-bond acceptors (Lipinski definition) is 2. The Bertz CT molecular complexity index is 76.4. The van der Waals surface area contributed by atoms with Crippen molar-refractivity contribution < 1.29 is 9.90 Å². The van der Waals surface area contributed by atoms with Gasteiger partial charge in [-0.15, -0.1) is 0 Å². The highest BCUT2D eigenvalue weighted by Crippen LogP contribution is 1.73. The second-order valence-electron chi connectivity index (χ2n) is 1.26. The third kappa shape index (κ3) is 5.91. The summed E-state index contributed by atoms with van der Waals surface area (Å²) in [4.78, 5) is 9.80. The molecule has 0 radical (unpaired) electrons. The summed E-state index contributed by atoms with van der Waals surface area (Å²) in [6, 6.07) is 0. The molecular formula is C4H8BrNO2. The SMILES string of the molecule is O=C(O)CNCCBr. The van der Waals surface area contributed by atoms with E-state index in [4.69, 9.17) is 5.11 Å². The van der Waals surface area contributed by atoms with Crippen LogP contribution >= 0.6 is 15.9 Å². The molecule has 8 heavy (non-hydrogen) atoms. The molecule has 0 saturated carbocycles. The number of carboxylic acids is 1. The first kappa shape index (κ1) is 7.91. The Labute approximate surface area is 56.2 Å². The van der Waals surface area contributed by atoms with Crippen molar-refractivity contribution in [2.75, 3.05) is 18.4 Å². The first-order chi connectivity index (χ1) is 3.77. The highest BCUT2D eigenvalue weighted by atomic mass is 79.9. The van der Waals surface area contributed by atoms with Crippen molar-refractivity contribution in [2.24, 2.45) is 0 Å². The van der Waals surface area contributed by atoms with Gasteiger partial charge < -0.3 is 10.4 Å². The molecule has 0 aliphatic carbocycles. The minimum atomic E-state index is -0.814. The topological polar surface area (TPSA) is 49.3 Å². The fraction of sp³-hybridized carbons (Fsp3) is 0.750. The molecule has 0 aromatic rings. The van der Waals surface area contributed by atoms with Gasteiger partial charge in [0.1, 0.15) is 0 Å². The van der Waals surface area contributed by atoms with Crippen molar-refractivity contribution in [3.05, 3.63) is 0 Å². The van der Waals surface area contributed by atoms with Crippen LogP contribution in [-0.2, 0) is 4.79 Å². The lowest BCUT2D eigenvalue weighted by Gasteiger charge is -1.93. The number of carboxylic acid groups (broad SMARTS) is 1. The van der Waals surface area contributed by atoms with Gasteiger partial charge in [0.25, 0.3) is 0 Å². The Morgan fingerprint density at radius 2 is 2.38 bits per heavy atom. The van der Waals surface area contributed by atoms with Crippen LogP contribution in [-0.4, -0.2) is 29.5 Å². The van der Waals surface area contributed by atoms with Crippen LogP contribution < -0.4 is 5.32 Å². The molecule has 0 aliphatic heterocycles. The molecule has 0 unspecified atom stereocenters. The van der Waals surface area contributed by atoms with E-state index in [9.17, 15) is 4.79 Å². The smallest absolute Gasteiger partial charge is 0.317 e. The van der Waals surface area contributed by atoms with Gasteiger partial charge in [0.2, 0.25) is 0 Å². The predicted octanol–water partition coefficient (Wildman–Crippen LogP) is 0.0555. The van der Waals surface area contributed by atoms with E-state index in [0.29, 0.717) is 6.54 Å². The number of halogens is 1. The third-order valence-electron chi connectivity index (χ3n) is 0.547. The van der Waals surface area contributed by atoms with Crippen LogP contribution in [0, 0.1) is 0 Å². The quantitative estimate of drug-likeness (QED) is 0.477. The lowest BCUT2D eigenvalue weighted by Crippen LogP contribution is -2.23. The molecule has 0 aromatic heterocycles. The number of carbonyl (C=O) groups is 1. The average Bonchev–Trinajstić information content (AvgIpc) is 1.66. The molecule has 0 aliphatic rings. The van der Waals surface area contributed by atoms with Crippen LogP contribution in [0.2, 0.25) is 0 Å². The predicted molar refractivity (Wildman–Crippen MR) is 34.3 cm³/mol. The van der Waals surface area contributed by atoms with Gasteiger partial charge in [0.05, 0.1) is 6.54 Å². The van der Waals surface area contributed by atoms with Gasteiger partial charge in [-0.2, -0.15) is 0 Å². The molecule has 0 heterocycles. The first-order valence-electron chi connectivity index (χ1n) is 2.26. The van der Waals surface area contributed by atoms with E-state index in [-0.39, 0.29) is 6.54 Å². The van der Waals surface area contributed by atoms with E-state index in [0.717, 1.165) is 5.33 Å². The van der Waals surface area contributed by atoms with Crippen molar-refractivity contribution in [3.8, 4) is 0 Å². The maximum atomic E-state index is 9.80. The van der Waals surface area contributed by atoms with Gasteiger partial charge in [-0.3, -0.25) is 4.79 Å². The maximum Gasteiger partial charge on any atom is 0.317 e. The molecule has 48 valence electrons. The summed E-state index contributed by atoms with van der Waals surface area (Å²) in [6.07, 6.45) is 0. The number of aliphatic carboxylic acids is 1. The van der Waals surface area contributed by atoms with Gasteiger partial charge in [0, 0.05) is 11.9 Å². The lowest BCUT2D eigenvalue weighted by atomic mass is 10.6. The summed E-state index contributed by atoms with van der Waals surface area (Å²) in [5.74, 6) is -0.814. The van der Waals surface area contributed by atoms with Gasteiger partial charge >= 0.3 is 5.97 Å². The zero-order chi connectivity index (χ0) is 6.41. The molecule has 0 atom stereocenters. The van der Waals surface area contributed by atoms with Crippen molar-refractivity contribution in [1.82, 2.24) is 5.32 Å². The second-order valence-corrected chi connectivity index (χ2v) is 2.05. The molecule has 3 nitrogen and oxygen atoms in total. The Hall–Kier alpha value is -0.0900. The van der Waals surface area contributed by atoms with Crippen molar-refractivity contribution in [3.63, 3.8) is 0 Å². The summed E-state index contributed by atoms with van der Waals surface area (Å²) < 4.78 is 0. The van der Waals surface area contributed by atoms with Crippen LogP contribution in [0.5, 0.6) is 0 Å². The lowest BCUT2D eigenvalue weighted by molar-refractivity contribution is -0.135. The van der Waals surface area contributed by atoms with Crippen molar-refractivity contribution in [2.45, 2.75) is 0 Å². The van der Waals surface area contributed by atoms with Gasteiger partial charge in [-0.1, -0.05) is 15.9 Å². The van der Waals surface area contributed by atoms with E-state index in [1.165, 1.54) is 0 Å². The average molecular weight is 182 g/mol. The molecule has 0 saturated heterocycles. The Kier molecular flexibility index (Phi) is 5.00. The monoisotopic (exact) mass is 181 g/mol. The summed E-state index contributed by atoms with van der Waals surface area (Å²) in [5, 5.41) is 11.5. The van der Waals surface area contributed by atoms with E-state index in [1.54, 1.807) is 0 Å². The van der Waals surface area contributed by atoms with Crippen LogP contribution in [0.15, 0.2) is 0 Å². The Balaban J connectivity index is 2.82. The van der Waals surface area contributed by atoms with Crippen LogP contribution in [0.25, 0.3) is 0 Å². The first-order valence-corrected chi connectivity index (χ1v) is 3.38. The minimum absolute atomic E-state index is 0.0472. The maximum absolute atomic E-state index is 9.80. The molecule has 2 N–H and O–H groups in total. The van der Waals surface area contributed by atoms with Crippen LogP contribution in [0.3, 0.4) is 0 Å². The van der Waals surface area contributed by atoms with E-state index in [2.05, 4.69) is 21.2 Å². The second kappa shape index (κ2) is 5.05. The van der Waals surface area contributed by atoms with Crippen LogP contribution in [0.4, 0.5) is 0 Å². The summed E-state index contributed by atoms with van der Waals surface area (Å²) in [5.41, 5.74) is 0. The molecule has 0 bridgehead atoms. The molecule has 0 aromatic carbocycles. The largest absolute Gasteiger partial charge is 0.480 e. The van der Waals surface area contributed by atoms with E-state index >= 15 is 0 Å². The summed E-state index contributed by atoms with van der Waals surface area (Å²) in [6.45, 7) is 0.748. The third-order valence-corrected chi connectivity index (χ3v) is 0.944. The molecule has 4 heteroatoms. The molecular weight excluding hydrogens is 174 g/mol.